The van der Waals surface area contributed by atoms with Gasteiger partial charge in [0.1, 0.15) is 18.7 Å². The van der Waals surface area contributed by atoms with Gasteiger partial charge in [-0.3, -0.25) is 9.59 Å². The van der Waals surface area contributed by atoms with Crippen molar-refractivity contribution in [1.29, 1.82) is 0 Å². The molecular weight excluding hydrogens is 476 g/mol. The molecule has 196 valence electrons. The molecule has 1 aromatic heterocycles. The van der Waals surface area contributed by atoms with Crippen LogP contribution in [0.25, 0.3) is 5.69 Å². The van der Waals surface area contributed by atoms with Gasteiger partial charge in [0.15, 0.2) is 0 Å². The molecule has 2 heterocycles. The van der Waals surface area contributed by atoms with Gasteiger partial charge in [0.25, 0.3) is 0 Å². The quantitative estimate of drug-likeness (QED) is 0.497. The van der Waals surface area contributed by atoms with Crippen LogP contribution in [0.5, 0.6) is 0 Å². The number of halogens is 1. The normalized spacial score (nSPS) is 19.6. The van der Waals surface area contributed by atoms with Crippen molar-refractivity contribution in [3.8, 4) is 5.69 Å². The Balaban J connectivity index is 1.40. The van der Waals surface area contributed by atoms with Crippen LogP contribution in [-0.4, -0.2) is 56.7 Å². The summed E-state index contributed by atoms with van der Waals surface area (Å²) in [6.07, 6.45) is 11.8. The van der Waals surface area contributed by atoms with Crippen LogP contribution in [0.3, 0.4) is 0 Å². The first-order valence-electron chi connectivity index (χ1n) is 13.4. The summed E-state index contributed by atoms with van der Waals surface area (Å²) in [4.78, 5) is 32.7. The van der Waals surface area contributed by atoms with Crippen molar-refractivity contribution in [2.75, 3.05) is 13.1 Å². The van der Waals surface area contributed by atoms with E-state index in [1.165, 1.54) is 38.4 Å². The van der Waals surface area contributed by atoms with Gasteiger partial charge in [-0.2, -0.15) is 5.10 Å². The van der Waals surface area contributed by atoms with Gasteiger partial charge in [0.05, 0.1) is 11.7 Å². The second kappa shape index (κ2) is 12.7. The molecule has 1 aliphatic carbocycles. The molecule has 2 aliphatic rings. The minimum absolute atomic E-state index is 0.0585. The second-order valence-corrected chi connectivity index (χ2v) is 11.1. The SMILES string of the molecule is CC(C)C[C@H](NCC1CCCCC1)C(=O)N1CCC[C@H]1C(=O)NCc1cc(Cl)ccc1-n1cncn1. The Bertz CT molecular complexity index is 1010. The fourth-order valence-electron chi connectivity index (χ4n) is 5.50. The minimum Gasteiger partial charge on any atom is -0.350 e. The molecule has 1 aliphatic heterocycles. The second-order valence-electron chi connectivity index (χ2n) is 10.6. The lowest BCUT2D eigenvalue weighted by molar-refractivity contribution is -0.140. The maximum atomic E-state index is 13.6. The van der Waals surface area contributed by atoms with Crippen LogP contribution in [0.1, 0.15) is 70.8 Å². The topological polar surface area (TPSA) is 92.2 Å². The molecule has 2 aromatic rings. The first kappa shape index (κ1) is 26.6. The zero-order valence-electron chi connectivity index (χ0n) is 21.5. The smallest absolute Gasteiger partial charge is 0.243 e. The van der Waals surface area contributed by atoms with Gasteiger partial charge in [0.2, 0.25) is 11.8 Å². The van der Waals surface area contributed by atoms with Gasteiger partial charge in [-0.25, -0.2) is 9.67 Å². The number of aromatic nitrogens is 3. The van der Waals surface area contributed by atoms with Crippen LogP contribution in [0.4, 0.5) is 0 Å². The molecule has 9 heteroatoms. The van der Waals surface area contributed by atoms with Crippen LogP contribution < -0.4 is 10.6 Å². The van der Waals surface area contributed by atoms with Gasteiger partial charge in [0, 0.05) is 18.1 Å². The number of likely N-dealkylation sites (tertiary alicyclic amines) is 1. The third-order valence-corrected chi connectivity index (χ3v) is 7.62. The number of nitrogens with one attached hydrogen (secondary N) is 2. The lowest BCUT2D eigenvalue weighted by Crippen LogP contribution is -2.53. The van der Waals surface area contributed by atoms with Crippen molar-refractivity contribution in [3.63, 3.8) is 0 Å². The van der Waals surface area contributed by atoms with Gasteiger partial charge in [-0.1, -0.05) is 44.7 Å². The highest BCUT2D eigenvalue weighted by atomic mass is 35.5. The van der Waals surface area contributed by atoms with E-state index in [9.17, 15) is 9.59 Å². The Labute approximate surface area is 219 Å². The van der Waals surface area contributed by atoms with Gasteiger partial charge >= 0.3 is 0 Å². The Morgan fingerprint density at radius 1 is 1.14 bits per heavy atom. The van der Waals surface area contributed by atoms with Gasteiger partial charge in [-0.05, 0) is 74.2 Å². The lowest BCUT2D eigenvalue weighted by Gasteiger charge is -2.31. The van der Waals surface area contributed by atoms with E-state index in [4.69, 9.17) is 11.6 Å². The molecule has 36 heavy (non-hydrogen) atoms. The Hall–Kier alpha value is -2.45. The molecule has 2 amide bonds. The monoisotopic (exact) mass is 514 g/mol. The molecule has 0 spiro atoms. The van der Waals surface area contributed by atoms with Crippen molar-refractivity contribution in [1.82, 2.24) is 30.3 Å². The number of hydrogen-bond acceptors (Lipinski definition) is 5. The molecule has 2 atom stereocenters. The predicted octanol–water partition coefficient (Wildman–Crippen LogP) is 4.11. The summed E-state index contributed by atoms with van der Waals surface area (Å²) < 4.78 is 1.65. The number of carbonyl (C=O) groups excluding carboxylic acids is 2. The Kier molecular flexibility index (Phi) is 9.37. The average molecular weight is 515 g/mol. The van der Waals surface area contributed by atoms with Crippen LogP contribution in [0, 0.1) is 11.8 Å². The first-order valence-corrected chi connectivity index (χ1v) is 13.7. The molecule has 1 aromatic carbocycles. The van der Waals surface area contributed by atoms with Crippen LogP contribution in [-0.2, 0) is 16.1 Å². The van der Waals surface area contributed by atoms with Crippen molar-refractivity contribution >= 4 is 23.4 Å². The van der Waals surface area contributed by atoms with E-state index in [-0.39, 0.29) is 17.9 Å². The summed E-state index contributed by atoms with van der Waals surface area (Å²) >= 11 is 6.23. The summed E-state index contributed by atoms with van der Waals surface area (Å²) in [5.74, 6) is 0.977. The molecule has 0 radical (unpaired) electrons. The summed E-state index contributed by atoms with van der Waals surface area (Å²) in [5.41, 5.74) is 1.64. The Morgan fingerprint density at radius 2 is 1.94 bits per heavy atom. The highest BCUT2D eigenvalue weighted by Gasteiger charge is 2.37. The summed E-state index contributed by atoms with van der Waals surface area (Å²) in [5, 5.41) is 11.4. The maximum Gasteiger partial charge on any atom is 0.243 e. The molecule has 1 saturated carbocycles. The predicted molar refractivity (Wildman–Crippen MR) is 141 cm³/mol. The third kappa shape index (κ3) is 6.85. The van der Waals surface area contributed by atoms with Crippen molar-refractivity contribution in [2.45, 2.75) is 83.8 Å². The number of nitrogens with zero attached hydrogens (tertiary/aromatic N) is 4. The van der Waals surface area contributed by atoms with Crippen LogP contribution in [0.2, 0.25) is 5.02 Å². The van der Waals surface area contributed by atoms with E-state index in [2.05, 4.69) is 34.6 Å². The zero-order valence-corrected chi connectivity index (χ0v) is 22.2. The molecule has 0 unspecified atom stereocenters. The van der Waals surface area contributed by atoms with Gasteiger partial charge < -0.3 is 15.5 Å². The van der Waals surface area contributed by atoms with E-state index in [1.54, 1.807) is 22.0 Å². The minimum atomic E-state index is -0.447. The maximum absolute atomic E-state index is 13.6. The molecule has 2 fully saturated rings. The zero-order chi connectivity index (χ0) is 25.5. The lowest BCUT2D eigenvalue weighted by atomic mass is 9.89. The largest absolute Gasteiger partial charge is 0.350 e. The first-order chi connectivity index (χ1) is 17.4. The fraction of sp³-hybridized carbons (Fsp3) is 0.630. The molecular formula is C27H39ClN6O2. The van der Waals surface area contributed by atoms with E-state index < -0.39 is 6.04 Å². The van der Waals surface area contributed by atoms with Crippen LogP contribution >= 0.6 is 11.6 Å². The number of carbonyl (C=O) groups is 2. The molecule has 8 nitrogen and oxygen atoms in total. The molecule has 4 rings (SSSR count). The van der Waals surface area contributed by atoms with E-state index in [0.29, 0.717) is 36.4 Å². The number of benzene rings is 1. The van der Waals surface area contributed by atoms with Crippen molar-refractivity contribution < 1.29 is 9.59 Å². The highest BCUT2D eigenvalue weighted by molar-refractivity contribution is 6.30. The van der Waals surface area contributed by atoms with E-state index in [0.717, 1.165) is 30.6 Å². The van der Waals surface area contributed by atoms with Crippen LogP contribution in [0.15, 0.2) is 30.9 Å². The Morgan fingerprint density at radius 3 is 2.67 bits per heavy atom. The van der Waals surface area contributed by atoms with E-state index >= 15 is 0 Å². The number of rotatable bonds is 10. The molecule has 2 N–H and O–H groups in total. The van der Waals surface area contributed by atoms with Crippen molar-refractivity contribution in [3.05, 3.63) is 41.4 Å². The summed E-state index contributed by atoms with van der Waals surface area (Å²) in [6.45, 7) is 6.09. The summed E-state index contributed by atoms with van der Waals surface area (Å²) in [6, 6.07) is 4.78. The highest BCUT2D eigenvalue weighted by Crippen LogP contribution is 2.25. The molecule has 0 bridgehead atoms. The number of amides is 2. The average Bonchev–Trinajstić information content (AvgIpc) is 3.58. The standard InChI is InChI=1S/C27H39ClN6O2/c1-19(2)13-23(30-15-20-7-4-3-5-8-20)27(36)33-12-6-9-25(33)26(35)31-16-21-14-22(28)10-11-24(21)34-18-29-17-32-34/h10-11,14,17-20,23,25,30H,3-9,12-13,15-16H2,1-2H3,(H,31,35)/t23-,25-/m0/s1. The fourth-order valence-corrected chi connectivity index (χ4v) is 5.69. The van der Waals surface area contributed by atoms with E-state index in [1.807, 2.05) is 12.1 Å². The number of hydrogen-bond donors (Lipinski definition) is 2. The summed E-state index contributed by atoms with van der Waals surface area (Å²) in [7, 11) is 0. The van der Waals surface area contributed by atoms with Crippen molar-refractivity contribution in [2.24, 2.45) is 11.8 Å². The molecule has 1 saturated heterocycles. The third-order valence-electron chi connectivity index (χ3n) is 7.38. The van der Waals surface area contributed by atoms with Gasteiger partial charge in [-0.15, -0.1) is 0 Å².